The summed E-state index contributed by atoms with van der Waals surface area (Å²) in [6.45, 7) is 3.85. The Hall–Kier alpha value is -2.96. The molecule has 0 saturated carbocycles. The van der Waals surface area contributed by atoms with Gasteiger partial charge in [-0.05, 0) is 42.5 Å². The fourth-order valence-corrected chi connectivity index (χ4v) is 2.99. The van der Waals surface area contributed by atoms with Crippen molar-refractivity contribution in [3.63, 3.8) is 0 Å². The molecule has 6 nitrogen and oxygen atoms in total. The van der Waals surface area contributed by atoms with Gasteiger partial charge in [-0.3, -0.25) is 9.89 Å². The largest absolute Gasteiger partial charge is 0.496 e. The first-order valence-electron chi connectivity index (χ1n) is 7.70. The van der Waals surface area contributed by atoms with Gasteiger partial charge in [0.05, 0.1) is 34.0 Å². The molecule has 1 aromatic heterocycles. The summed E-state index contributed by atoms with van der Waals surface area (Å²) in [7, 11) is 1.52. The van der Waals surface area contributed by atoms with Crippen molar-refractivity contribution >= 4 is 41.8 Å². The number of aromatic amines is 1. The number of methoxy groups -OCH3 is 1. The smallest absolute Gasteiger partial charge is 0.337 e. The molecule has 0 saturated heterocycles. The van der Waals surface area contributed by atoms with E-state index >= 15 is 0 Å². The number of rotatable bonds is 4. The van der Waals surface area contributed by atoms with Crippen molar-refractivity contribution < 1.29 is 14.6 Å². The van der Waals surface area contributed by atoms with E-state index in [0.29, 0.717) is 32.6 Å². The standard InChI is InChI=1S/C19H14Cl2N2O4/c1-10-14(8-11-7-12(20)3-6-17(11)27-2)18(24)23(22-10)13-4-5-16(21)15(9-13)19(25)26/h3-9,22H,1H2,2H3,(H,25,26)/b14-8-. The predicted molar refractivity (Wildman–Crippen MR) is 105 cm³/mol. The Balaban J connectivity index is 2.22. The zero-order chi connectivity index (χ0) is 19.7. The summed E-state index contributed by atoms with van der Waals surface area (Å²) in [5.41, 5.74) is 0.425. The molecule has 0 radical (unpaired) electrons. The average Bonchev–Trinajstić information content (AvgIpc) is 2.90. The molecule has 0 aliphatic carbocycles. The lowest BCUT2D eigenvalue weighted by atomic mass is 10.1. The van der Waals surface area contributed by atoms with Gasteiger partial charge in [-0.2, -0.15) is 0 Å². The molecule has 0 unspecified atom stereocenters. The van der Waals surface area contributed by atoms with E-state index in [0.717, 1.165) is 0 Å². The molecular weight excluding hydrogens is 391 g/mol. The second kappa shape index (κ2) is 7.34. The summed E-state index contributed by atoms with van der Waals surface area (Å²) >= 11 is 11.9. The third kappa shape index (κ3) is 3.63. The minimum Gasteiger partial charge on any atom is -0.496 e. The Morgan fingerprint density at radius 2 is 2.00 bits per heavy atom. The minimum absolute atomic E-state index is 0.0798. The molecule has 0 spiro atoms. The Labute approximate surface area is 163 Å². The van der Waals surface area contributed by atoms with Crippen LogP contribution in [0.25, 0.3) is 18.3 Å². The van der Waals surface area contributed by atoms with Crippen molar-refractivity contribution in [3.05, 3.63) is 78.5 Å². The lowest BCUT2D eigenvalue weighted by molar-refractivity contribution is 0.0697. The van der Waals surface area contributed by atoms with E-state index in [2.05, 4.69) is 11.7 Å². The van der Waals surface area contributed by atoms with Gasteiger partial charge in [0.25, 0.3) is 5.56 Å². The monoisotopic (exact) mass is 404 g/mol. The number of aromatic nitrogens is 2. The van der Waals surface area contributed by atoms with E-state index in [1.807, 2.05) is 0 Å². The van der Waals surface area contributed by atoms with E-state index in [1.165, 1.54) is 30.0 Å². The normalized spacial score (nSPS) is 11.6. The third-order valence-corrected chi connectivity index (χ3v) is 4.50. The molecule has 0 fully saturated rings. The second-order valence-corrected chi connectivity index (χ2v) is 6.49. The molecule has 27 heavy (non-hydrogen) atoms. The van der Waals surface area contributed by atoms with Crippen LogP contribution in [0.1, 0.15) is 15.9 Å². The van der Waals surface area contributed by atoms with Crippen molar-refractivity contribution in [1.82, 2.24) is 9.78 Å². The first-order chi connectivity index (χ1) is 12.8. The molecule has 0 aliphatic heterocycles. The van der Waals surface area contributed by atoms with E-state index in [-0.39, 0.29) is 10.6 Å². The van der Waals surface area contributed by atoms with E-state index in [1.54, 1.807) is 24.3 Å². The van der Waals surface area contributed by atoms with Crippen LogP contribution in [0.15, 0.2) is 41.2 Å². The van der Waals surface area contributed by atoms with Gasteiger partial charge in [0.2, 0.25) is 0 Å². The van der Waals surface area contributed by atoms with Gasteiger partial charge in [0.1, 0.15) is 5.75 Å². The highest BCUT2D eigenvalue weighted by Crippen LogP contribution is 2.23. The van der Waals surface area contributed by atoms with E-state index < -0.39 is 11.5 Å². The minimum atomic E-state index is -1.19. The van der Waals surface area contributed by atoms with Crippen molar-refractivity contribution in [2.75, 3.05) is 7.11 Å². The lowest BCUT2D eigenvalue weighted by Gasteiger charge is -2.04. The molecule has 138 valence electrons. The van der Waals surface area contributed by atoms with Crippen molar-refractivity contribution in [1.29, 1.82) is 0 Å². The van der Waals surface area contributed by atoms with E-state index in [9.17, 15) is 14.7 Å². The summed E-state index contributed by atoms with van der Waals surface area (Å²) in [5, 5.41) is 13.3. The Morgan fingerprint density at radius 3 is 2.67 bits per heavy atom. The van der Waals surface area contributed by atoms with Crippen LogP contribution in [-0.4, -0.2) is 28.0 Å². The van der Waals surface area contributed by atoms with Crippen LogP contribution in [0.2, 0.25) is 10.0 Å². The highest BCUT2D eigenvalue weighted by Gasteiger charge is 2.12. The van der Waals surface area contributed by atoms with Crippen molar-refractivity contribution in [3.8, 4) is 11.4 Å². The summed E-state index contributed by atoms with van der Waals surface area (Å²) in [4.78, 5) is 24.1. The molecule has 3 aromatic rings. The number of H-pyrrole nitrogens is 1. The highest BCUT2D eigenvalue weighted by atomic mass is 35.5. The summed E-state index contributed by atoms with van der Waals surface area (Å²) in [6.07, 6.45) is 1.61. The third-order valence-electron chi connectivity index (χ3n) is 3.94. The Bertz CT molecular complexity index is 1210. The van der Waals surface area contributed by atoms with Gasteiger partial charge in [0, 0.05) is 10.6 Å². The van der Waals surface area contributed by atoms with Crippen molar-refractivity contribution in [2.45, 2.75) is 0 Å². The lowest BCUT2D eigenvalue weighted by Crippen LogP contribution is -2.34. The van der Waals surface area contributed by atoms with Gasteiger partial charge in [-0.15, -0.1) is 0 Å². The highest BCUT2D eigenvalue weighted by molar-refractivity contribution is 6.33. The fourth-order valence-electron chi connectivity index (χ4n) is 2.62. The molecule has 8 heteroatoms. The van der Waals surface area contributed by atoms with Gasteiger partial charge in [0.15, 0.2) is 0 Å². The van der Waals surface area contributed by atoms with Crippen LogP contribution < -0.4 is 20.9 Å². The van der Waals surface area contributed by atoms with Gasteiger partial charge >= 0.3 is 5.97 Å². The molecule has 1 heterocycles. The maximum absolute atomic E-state index is 12.9. The average molecular weight is 405 g/mol. The van der Waals surface area contributed by atoms with Crippen LogP contribution in [-0.2, 0) is 0 Å². The first-order valence-corrected chi connectivity index (χ1v) is 8.46. The number of carbonyl (C=O) groups is 1. The first kappa shape index (κ1) is 18.8. The summed E-state index contributed by atoms with van der Waals surface area (Å²) < 4.78 is 6.49. The van der Waals surface area contributed by atoms with Gasteiger partial charge < -0.3 is 9.84 Å². The zero-order valence-electron chi connectivity index (χ0n) is 14.1. The van der Waals surface area contributed by atoms with Gasteiger partial charge in [-0.1, -0.05) is 29.8 Å². The number of hydrogen-bond donors (Lipinski definition) is 2. The maximum Gasteiger partial charge on any atom is 0.337 e. The van der Waals surface area contributed by atoms with Crippen LogP contribution in [0.4, 0.5) is 0 Å². The zero-order valence-corrected chi connectivity index (χ0v) is 15.6. The maximum atomic E-state index is 12.9. The van der Waals surface area contributed by atoms with Crippen LogP contribution in [0.5, 0.6) is 5.75 Å². The summed E-state index contributed by atoms with van der Waals surface area (Å²) in [6, 6.07) is 9.31. The van der Waals surface area contributed by atoms with Crippen LogP contribution >= 0.6 is 23.2 Å². The van der Waals surface area contributed by atoms with Crippen molar-refractivity contribution in [2.24, 2.45) is 0 Å². The van der Waals surface area contributed by atoms with E-state index in [4.69, 9.17) is 27.9 Å². The van der Waals surface area contributed by atoms with Crippen LogP contribution in [0, 0.1) is 0 Å². The SMILES string of the molecule is C=c1[nH]n(-c2ccc(Cl)c(C(=O)O)c2)c(=O)/c1=C\c1cc(Cl)ccc1OC. The number of nitrogens with one attached hydrogen (secondary N) is 1. The number of ether oxygens (including phenoxy) is 1. The molecule has 0 amide bonds. The summed E-state index contributed by atoms with van der Waals surface area (Å²) in [5.74, 6) is -0.641. The fraction of sp³-hybridized carbons (Fsp3) is 0.0526. The molecule has 0 aliphatic rings. The number of carboxylic acids is 1. The molecule has 2 N–H and O–H groups in total. The molecule has 0 atom stereocenters. The molecule has 2 aromatic carbocycles. The predicted octanol–water partition coefficient (Wildman–Crippen LogP) is 2.42. The Morgan fingerprint density at radius 1 is 1.26 bits per heavy atom. The number of benzene rings is 2. The quantitative estimate of drug-likeness (QED) is 0.699. The number of nitrogens with zero attached hydrogens (tertiary/aromatic N) is 1. The second-order valence-electron chi connectivity index (χ2n) is 5.64. The number of aromatic carboxylic acids is 1. The number of carboxylic acid groups (broad SMARTS) is 1. The Kier molecular flexibility index (Phi) is 5.12. The van der Waals surface area contributed by atoms with Crippen LogP contribution in [0.3, 0.4) is 0 Å². The molecular formula is C19H14Cl2N2O4. The topological polar surface area (TPSA) is 84.3 Å². The number of hydrogen-bond acceptors (Lipinski definition) is 3. The molecule has 0 bridgehead atoms. The van der Waals surface area contributed by atoms with Gasteiger partial charge in [-0.25, -0.2) is 9.48 Å². The molecule has 3 rings (SSSR count). The number of halogens is 2.